The molecule has 1 aromatic rings. The molecule has 1 rings (SSSR count). The lowest BCUT2D eigenvalue weighted by Gasteiger charge is -2.20. The zero-order chi connectivity index (χ0) is 15.9. The van der Waals surface area contributed by atoms with Gasteiger partial charge in [0.05, 0.1) is 12.0 Å². The fraction of sp³-hybridized carbons (Fsp3) is 0.533. The number of hydrogen-bond acceptors (Lipinski definition) is 2. The van der Waals surface area contributed by atoms with Gasteiger partial charge in [0.25, 0.3) is 0 Å². The molecule has 0 aliphatic rings. The van der Waals surface area contributed by atoms with E-state index in [9.17, 15) is 23.1 Å². The standard InChI is InChI=1S/C15H20F3NO2/c1-2-12(20)8-9-19-14(21)10-13(15(16,17)18)11-6-4-3-5-7-11/h3-7,12-13,20H,2,8-10H2,1H3,(H,19,21). The molecule has 0 aromatic heterocycles. The number of halogens is 3. The maximum atomic E-state index is 13.1. The number of aliphatic hydroxyl groups is 1. The largest absolute Gasteiger partial charge is 0.396 e. The van der Waals surface area contributed by atoms with Gasteiger partial charge in [-0.2, -0.15) is 13.2 Å². The average molecular weight is 303 g/mol. The van der Waals surface area contributed by atoms with Gasteiger partial charge in [0, 0.05) is 13.0 Å². The summed E-state index contributed by atoms with van der Waals surface area (Å²) >= 11 is 0. The van der Waals surface area contributed by atoms with Gasteiger partial charge in [-0.1, -0.05) is 37.3 Å². The Hall–Kier alpha value is -1.56. The maximum Gasteiger partial charge on any atom is 0.396 e. The molecule has 0 bridgehead atoms. The van der Waals surface area contributed by atoms with Crippen LogP contribution in [0.3, 0.4) is 0 Å². The van der Waals surface area contributed by atoms with Crippen molar-refractivity contribution in [3.63, 3.8) is 0 Å². The van der Waals surface area contributed by atoms with Crippen LogP contribution in [0.5, 0.6) is 0 Å². The first-order chi connectivity index (χ1) is 9.84. The van der Waals surface area contributed by atoms with E-state index in [2.05, 4.69) is 5.32 Å². The number of aliphatic hydroxyl groups excluding tert-OH is 1. The Balaban J connectivity index is 2.60. The lowest BCUT2D eigenvalue weighted by Crippen LogP contribution is -2.32. The fourth-order valence-electron chi connectivity index (χ4n) is 1.95. The van der Waals surface area contributed by atoms with Crippen LogP contribution in [0.15, 0.2) is 30.3 Å². The molecule has 0 aliphatic heterocycles. The summed E-state index contributed by atoms with van der Waals surface area (Å²) in [7, 11) is 0. The second-order valence-electron chi connectivity index (χ2n) is 4.91. The molecular formula is C15H20F3NO2. The molecule has 1 aromatic carbocycles. The molecule has 3 nitrogen and oxygen atoms in total. The van der Waals surface area contributed by atoms with Crippen molar-refractivity contribution in [3.05, 3.63) is 35.9 Å². The molecule has 6 heteroatoms. The molecule has 0 radical (unpaired) electrons. The van der Waals surface area contributed by atoms with Crippen LogP contribution in [0.4, 0.5) is 13.2 Å². The van der Waals surface area contributed by atoms with Crippen LogP contribution in [0.25, 0.3) is 0 Å². The average Bonchev–Trinajstić information content (AvgIpc) is 2.44. The van der Waals surface area contributed by atoms with Crippen molar-refractivity contribution < 1.29 is 23.1 Å². The van der Waals surface area contributed by atoms with Crippen LogP contribution >= 0.6 is 0 Å². The molecule has 2 atom stereocenters. The third-order valence-corrected chi connectivity index (χ3v) is 3.26. The first-order valence-corrected chi connectivity index (χ1v) is 6.91. The van der Waals surface area contributed by atoms with Gasteiger partial charge in [-0.05, 0) is 18.4 Å². The second-order valence-corrected chi connectivity index (χ2v) is 4.91. The number of benzene rings is 1. The summed E-state index contributed by atoms with van der Waals surface area (Å²) in [5.41, 5.74) is 0.0775. The Morgan fingerprint density at radius 2 is 1.90 bits per heavy atom. The summed E-state index contributed by atoms with van der Waals surface area (Å²) < 4.78 is 39.2. The molecule has 2 unspecified atom stereocenters. The van der Waals surface area contributed by atoms with E-state index in [1.807, 2.05) is 0 Å². The van der Waals surface area contributed by atoms with Crippen LogP contribution < -0.4 is 5.32 Å². The third-order valence-electron chi connectivity index (χ3n) is 3.26. The highest BCUT2D eigenvalue weighted by atomic mass is 19.4. The van der Waals surface area contributed by atoms with E-state index in [0.717, 1.165) is 0 Å². The Bertz CT molecular complexity index is 434. The van der Waals surface area contributed by atoms with E-state index in [-0.39, 0.29) is 12.1 Å². The summed E-state index contributed by atoms with van der Waals surface area (Å²) in [6, 6.07) is 7.40. The van der Waals surface area contributed by atoms with Crippen molar-refractivity contribution in [2.75, 3.05) is 6.54 Å². The van der Waals surface area contributed by atoms with Crippen LogP contribution in [0, 0.1) is 0 Å². The molecule has 0 aliphatic carbocycles. The van der Waals surface area contributed by atoms with Crippen molar-refractivity contribution in [1.82, 2.24) is 5.32 Å². The Kier molecular flexibility index (Phi) is 6.68. The highest BCUT2D eigenvalue weighted by Gasteiger charge is 2.41. The molecule has 21 heavy (non-hydrogen) atoms. The number of carbonyl (C=O) groups excluding carboxylic acids is 1. The monoisotopic (exact) mass is 303 g/mol. The first-order valence-electron chi connectivity index (χ1n) is 6.91. The molecule has 0 fully saturated rings. The molecule has 0 saturated heterocycles. The van der Waals surface area contributed by atoms with Crippen molar-refractivity contribution in [2.45, 2.75) is 44.4 Å². The van der Waals surface area contributed by atoms with E-state index in [0.29, 0.717) is 12.8 Å². The van der Waals surface area contributed by atoms with Crippen molar-refractivity contribution in [3.8, 4) is 0 Å². The van der Waals surface area contributed by atoms with E-state index >= 15 is 0 Å². The molecule has 0 spiro atoms. The van der Waals surface area contributed by atoms with Gasteiger partial charge >= 0.3 is 6.18 Å². The third kappa shape index (κ3) is 6.16. The van der Waals surface area contributed by atoms with Crippen LogP contribution in [0.1, 0.15) is 37.7 Å². The minimum atomic E-state index is -4.47. The number of alkyl halides is 3. The van der Waals surface area contributed by atoms with E-state index < -0.39 is 30.5 Å². The van der Waals surface area contributed by atoms with Gasteiger partial charge in [0.2, 0.25) is 5.91 Å². The van der Waals surface area contributed by atoms with Crippen LogP contribution in [0.2, 0.25) is 0 Å². The van der Waals surface area contributed by atoms with E-state index in [1.54, 1.807) is 13.0 Å². The number of hydrogen-bond donors (Lipinski definition) is 2. The van der Waals surface area contributed by atoms with Gasteiger partial charge in [-0.25, -0.2) is 0 Å². The van der Waals surface area contributed by atoms with Crippen LogP contribution in [-0.2, 0) is 4.79 Å². The van der Waals surface area contributed by atoms with Gasteiger partial charge < -0.3 is 10.4 Å². The maximum absolute atomic E-state index is 13.1. The normalized spacial score (nSPS) is 14.5. The topological polar surface area (TPSA) is 49.3 Å². The lowest BCUT2D eigenvalue weighted by atomic mass is 9.95. The number of nitrogens with one attached hydrogen (secondary N) is 1. The fourth-order valence-corrected chi connectivity index (χ4v) is 1.95. The molecule has 0 saturated carbocycles. The predicted octanol–water partition coefficient (Wildman–Crippen LogP) is 3.00. The van der Waals surface area contributed by atoms with Crippen LogP contribution in [-0.4, -0.2) is 29.8 Å². The van der Waals surface area contributed by atoms with Crippen molar-refractivity contribution in [1.29, 1.82) is 0 Å². The Morgan fingerprint density at radius 3 is 2.43 bits per heavy atom. The van der Waals surface area contributed by atoms with Gasteiger partial charge in [-0.3, -0.25) is 4.79 Å². The summed E-state index contributed by atoms with van der Waals surface area (Å²) in [5.74, 6) is -2.47. The SMILES string of the molecule is CCC(O)CCNC(=O)CC(c1ccccc1)C(F)(F)F. The predicted molar refractivity (Wildman–Crippen MR) is 73.8 cm³/mol. The zero-order valence-electron chi connectivity index (χ0n) is 11.9. The van der Waals surface area contributed by atoms with Crippen molar-refractivity contribution in [2.24, 2.45) is 0 Å². The minimum Gasteiger partial charge on any atom is -0.393 e. The zero-order valence-corrected chi connectivity index (χ0v) is 11.9. The summed E-state index contributed by atoms with van der Waals surface area (Å²) in [4.78, 5) is 11.7. The smallest absolute Gasteiger partial charge is 0.393 e. The number of rotatable bonds is 7. The molecular weight excluding hydrogens is 283 g/mol. The number of amides is 1. The Morgan fingerprint density at radius 1 is 1.29 bits per heavy atom. The summed E-state index contributed by atoms with van der Waals surface area (Å²) in [6.07, 6.45) is -4.77. The highest BCUT2D eigenvalue weighted by Crippen LogP contribution is 2.37. The van der Waals surface area contributed by atoms with E-state index in [4.69, 9.17) is 0 Å². The first kappa shape index (κ1) is 17.5. The quantitative estimate of drug-likeness (QED) is 0.813. The molecule has 2 N–H and O–H groups in total. The summed E-state index contributed by atoms with van der Waals surface area (Å²) in [5, 5.41) is 11.7. The van der Waals surface area contributed by atoms with Gasteiger partial charge in [0.1, 0.15) is 0 Å². The summed E-state index contributed by atoms with van der Waals surface area (Å²) in [6.45, 7) is 1.97. The highest BCUT2D eigenvalue weighted by molar-refractivity contribution is 5.77. The van der Waals surface area contributed by atoms with E-state index in [1.165, 1.54) is 24.3 Å². The molecule has 118 valence electrons. The lowest BCUT2D eigenvalue weighted by molar-refractivity contribution is -0.157. The Labute approximate surface area is 122 Å². The number of carbonyl (C=O) groups is 1. The molecule has 0 heterocycles. The molecule has 1 amide bonds. The van der Waals surface area contributed by atoms with Gasteiger partial charge in [-0.15, -0.1) is 0 Å². The van der Waals surface area contributed by atoms with Gasteiger partial charge in [0.15, 0.2) is 0 Å². The minimum absolute atomic E-state index is 0.0775. The second kappa shape index (κ2) is 8.02. The van der Waals surface area contributed by atoms with Crippen molar-refractivity contribution >= 4 is 5.91 Å².